The molecule has 4 heteroatoms. The number of hydrogen-bond acceptors (Lipinski definition) is 3. The Kier molecular flexibility index (Phi) is 4.53. The minimum absolute atomic E-state index is 0.170. The summed E-state index contributed by atoms with van der Waals surface area (Å²) in [6, 6.07) is 7.17. The topological polar surface area (TPSA) is 43.8 Å². The molecule has 2 aromatic heterocycles. The largest absolute Gasteiger partial charge is 0.327 e. The molecular formula is C16H23N3S. The van der Waals surface area contributed by atoms with Crippen molar-refractivity contribution in [2.24, 2.45) is 5.73 Å². The number of nitrogens with two attached hydrogens (primary N) is 1. The molecule has 0 bridgehead atoms. The van der Waals surface area contributed by atoms with Crippen LogP contribution >= 0.6 is 11.3 Å². The van der Waals surface area contributed by atoms with Crippen LogP contribution in [-0.2, 0) is 12.8 Å². The van der Waals surface area contributed by atoms with Crippen LogP contribution in [0.2, 0.25) is 0 Å². The highest BCUT2D eigenvalue weighted by Crippen LogP contribution is 2.27. The standard InChI is InChI=1S/C16H23N3S/c17-13(12-16-7-4-10-20-16)11-14-8-9-19(18-14)15-5-2-1-3-6-15/h4,7-10,13,15H,1-3,5-6,11-12,17H2. The maximum absolute atomic E-state index is 6.24. The van der Waals surface area contributed by atoms with Gasteiger partial charge in [-0.25, -0.2) is 0 Å². The number of hydrogen-bond donors (Lipinski definition) is 1. The van der Waals surface area contributed by atoms with Crippen molar-refractivity contribution >= 4 is 11.3 Å². The van der Waals surface area contributed by atoms with Crippen LogP contribution in [0.3, 0.4) is 0 Å². The van der Waals surface area contributed by atoms with Crippen molar-refractivity contribution in [3.05, 3.63) is 40.3 Å². The Hall–Kier alpha value is -1.13. The Labute approximate surface area is 124 Å². The molecule has 0 saturated heterocycles. The number of rotatable bonds is 5. The van der Waals surface area contributed by atoms with E-state index in [1.807, 2.05) is 0 Å². The van der Waals surface area contributed by atoms with Crippen molar-refractivity contribution < 1.29 is 0 Å². The number of thiophene rings is 1. The summed E-state index contributed by atoms with van der Waals surface area (Å²) in [5, 5.41) is 6.85. The molecule has 0 radical (unpaired) electrons. The molecule has 0 spiro atoms. The van der Waals surface area contributed by atoms with E-state index in [-0.39, 0.29) is 6.04 Å². The van der Waals surface area contributed by atoms with Crippen molar-refractivity contribution in [2.75, 3.05) is 0 Å². The van der Waals surface area contributed by atoms with E-state index in [1.54, 1.807) is 11.3 Å². The molecule has 0 aromatic carbocycles. The summed E-state index contributed by atoms with van der Waals surface area (Å²) in [6.45, 7) is 0. The van der Waals surface area contributed by atoms with Gasteiger partial charge in [0.15, 0.2) is 0 Å². The summed E-state index contributed by atoms with van der Waals surface area (Å²) in [5.74, 6) is 0. The van der Waals surface area contributed by atoms with Gasteiger partial charge in [-0.1, -0.05) is 25.3 Å². The number of aromatic nitrogens is 2. The zero-order valence-corrected chi connectivity index (χ0v) is 12.7. The zero-order valence-electron chi connectivity index (χ0n) is 11.9. The summed E-state index contributed by atoms with van der Waals surface area (Å²) in [7, 11) is 0. The SMILES string of the molecule is NC(Cc1ccn(C2CCCCC2)n1)Cc1cccs1. The van der Waals surface area contributed by atoms with Gasteiger partial charge >= 0.3 is 0 Å². The van der Waals surface area contributed by atoms with Gasteiger partial charge in [0.1, 0.15) is 0 Å². The third kappa shape index (κ3) is 3.49. The Morgan fingerprint density at radius 1 is 1.25 bits per heavy atom. The van der Waals surface area contributed by atoms with Crippen molar-refractivity contribution in [1.29, 1.82) is 0 Å². The van der Waals surface area contributed by atoms with Crippen LogP contribution in [0.5, 0.6) is 0 Å². The van der Waals surface area contributed by atoms with Crippen molar-refractivity contribution in [1.82, 2.24) is 9.78 Å². The molecule has 1 saturated carbocycles. The second kappa shape index (κ2) is 6.55. The Morgan fingerprint density at radius 3 is 2.85 bits per heavy atom. The summed E-state index contributed by atoms with van der Waals surface area (Å²) < 4.78 is 2.17. The molecule has 1 aliphatic rings. The fourth-order valence-corrected chi connectivity index (χ4v) is 3.86. The van der Waals surface area contributed by atoms with E-state index in [0.717, 1.165) is 18.5 Å². The predicted molar refractivity (Wildman–Crippen MR) is 84.1 cm³/mol. The summed E-state index contributed by atoms with van der Waals surface area (Å²) in [5.41, 5.74) is 7.38. The Balaban J connectivity index is 1.56. The smallest absolute Gasteiger partial charge is 0.0640 e. The monoisotopic (exact) mass is 289 g/mol. The molecule has 2 heterocycles. The average molecular weight is 289 g/mol. The van der Waals surface area contributed by atoms with Gasteiger partial charge in [0.2, 0.25) is 0 Å². The van der Waals surface area contributed by atoms with Crippen LogP contribution in [0.1, 0.15) is 48.7 Å². The van der Waals surface area contributed by atoms with Crippen LogP contribution in [0, 0.1) is 0 Å². The van der Waals surface area contributed by atoms with Gasteiger partial charge in [0.05, 0.1) is 11.7 Å². The van der Waals surface area contributed by atoms with E-state index in [4.69, 9.17) is 10.8 Å². The van der Waals surface area contributed by atoms with Gasteiger partial charge in [-0.3, -0.25) is 4.68 Å². The quantitative estimate of drug-likeness (QED) is 0.914. The van der Waals surface area contributed by atoms with Crippen molar-refractivity contribution in [3.63, 3.8) is 0 Å². The van der Waals surface area contributed by atoms with Gasteiger partial charge < -0.3 is 5.73 Å². The van der Waals surface area contributed by atoms with E-state index < -0.39 is 0 Å². The van der Waals surface area contributed by atoms with E-state index in [2.05, 4.69) is 34.5 Å². The molecule has 0 aliphatic heterocycles. The Bertz CT molecular complexity index is 512. The molecular weight excluding hydrogens is 266 g/mol. The normalized spacial score (nSPS) is 18.2. The summed E-state index contributed by atoms with van der Waals surface area (Å²) in [4.78, 5) is 1.37. The molecule has 2 N–H and O–H groups in total. The first-order valence-electron chi connectivity index (χ1n) is 7.63. The van der Waals surface area contributed by atoms with E-state index in [1.165, 1.54) is 37.0 Å². The molecule has 1 atom stereocenters. The first-order chi connectivity index (χ1) is 9.81. The highest BCUT2D eigenvalue weighted by atomic mass is 32.1. The fourth-order valence-electron chi connectivity index (χ4n) is 3.06. The Morgan fingerprint density at radius 2 is 2.10 bits per heavy atom. The van der Waals surface area contributed by atoms with Crippen molar-refractivity contribution in [2.45, 2.75) is 57.0 Å². The molecule has 1 fully saturated rings. The van der Waals surface area contributed by atoms with Gasteiger partial charge in [0, 0.05) is 23.5 Å². The fraction of sp³-hybridized carbons (Fsp3) is 0.562. The second-order valence-corrected chi connectivity index (χ2v) is 6.86. The molecule has 3 nitrogen and oxygen atoms in total. The predicted octanol–water partition coefficient (Wildman–Crippen LogP) is 3.56. The maximum Gasteiger partial charge on any atom is 0.0640 e. The lowest BCUT2D eigenvalue weighted by atomic mass is 9.96. The van der Waals surface area contributed by atoms with Crippen LogP contribution in [0.4, 0.5) is 0 Å². The van der Waals surface area contributed by atoms with Gasteiger partial charge in [-0.2, -0.15) is 5.10 Å². The second-order valence-electron chi connectivity index (χ2n) is 5.83. The van der Waals surface area contributed by atoms with E-state index >= 15 is 0 Å². The molecule has 1 unspecified atom stereocenters. The van der Waals surface area contributed by atoms with Gasteiger partial charge in [0.25, 0.3) is 0 Å². The molecule has 2 aromatic rings. The summed E-state index contributed by atoms with van der Waals surface area (Å²) >= 11 is 1.78. The lowest BCUT2D eigenvalue weighted by Gasteiger charge is -2.21. The molecule has 20 heavy (non-hydrogen) atoms. The van der Waals surface area contributed by atoms with Crippen LogP contribution in [0.25, 0.3) is 0 Å². The third-order valence-corrected chi connectivity index (χ3v) is 5.03. The lowest BCUT2D eigenvalue weighted by Crippen LogP contribution is -2.25. The molecule has 1 aliphatic carbocycles. The minimum atomic E-state index is 0.170. The maximum atomic E-state index is 6.24. The average Bonchev–Trinajstić information content (AvgIpc) is 3.11. The summed E-state index contributed by atoms with van der Waals surface area (Å²) in [6.07, 6.45) is 10.6. The van der Waals surface area contributed by atoms with Crippen molar-refractivity contribution in [3.8, 4) is 0 Å². The third-order valence-electron chi connectivity index (χ3n) is 4.13. The van der Waals surface area contributed by atoms with Gasteiger partial charge in [-0.15, -0.1) is 11.3 Å². The first-order valence-corrected chi connectivity index (χ1v) is 8.51. The highest BCUT2D eigenvalue weighted by molar-refractivity contribution is 7.09. The molecule has 3 rings (SSSR count). The van der Waals surface area contributed by atoms with Gasteiger partial charge in [-0.05, 0) is 36.8 Å². The molecule has 0 amide bonds. The van der Waals surface area contributed by atoms with E-state index in [9.17, 15) is 0 Å². The van der Waals surface area contributed by atoms with Crippen LogP contribution in [-0.4, -0.2) is 15.8 Å². The van der Waals surface area contributed by atoms with Crippen LogP contribution < -0.4 is 5.73 Å². The minimum Gasteiger partial charge on any atom is -0.327 e. The highest BCUT2D eigenvalue weighted by Gasteiger charge is 2.16. The first kappa shape index (κ1) is 13.8. The number of nitrogens with zero attached hydrogens (tertiary/aromatic N) is 2. The zero-order chi connectivity index (χ0) is 13.8. The van der Waals surface area contributed by atoms with Crippen LogP contribution in [0.15, 0.2) is 29.8 Å². The van der Waals surface area contributed by atoms with E-state index in [0.29, 0.717) is 6.04 Å². The lowest BCUT2D eigenvalue weighted by molar-refractivity contribution is 0.328. The molecule has 108 valence electrons.